The first-order chi connectivity index (χ1) is 9.82. The first-order valence-corrected chi connectivity index (χ1v) is 5.98. The summed E-state index contributed by atoms with van der Waals surface area (Å²) >= 11 is 0. The number of nitrogen functional groups attached to an aromatic ring is 1. The van der Waals surface area contributed by atoms with E-state index in [2.05, 4.69) is 4.74 Å². The average Bonchev–Trinajstić information content (AvgIpc) is 2.46. The van der Waals surface area contributed by atoms with Gasteiger partial charge in [-0.05, 0) is 35.4 Å². The predicted molar refractivity (Wildman–Crippen MR) is 72.6 cm³/mol. The van der Waals surface area contributed by atoms with Crippen molar-refractivity contribution < 1.29 is 22.7 Å². The van der Waals surface area contributed by atoms with Gasteiger partial charge in [0.15, 0.2) is 0 Å². The Balaban J connectivity index is 2.50. The number of carbonyl (C=O) groups excluding carboxylic acids is 1. The first-order valence-electron chi connectivity index (χ1n) is 5.98. The summed E-state index contributed by atoms with van der Waals surface area (Å²) in [6, 6.07) is 9.28. The number of esters is 1. The Hall–Kier alpha value is -2.50. The van der Waals surface area contributed by atoms with E-state index >= 15 is 0 Å². The second kappa shape index (κ2) is 5.47. The number of hydrogen-bond donors (Lipinski definition) is 1. The summed E-state index contributed by atoms with van der Waals surface area (Å²) in [5.74, 6) is -0.638. The monoisotopic (exact) mass is 295 g/mol. The molecule has 0 amide bonds. The Morgan fingerprint density at radius 1 is 1.10 bits per heavy atom. The van der Waals surface area contributed by atoms with Crippen LogP contribution in [0.4, 0.5) is 18.9 Å². The highest BCUT2D eigenvalue weighted by Crippen LogP contribution is 2.32. The first kappa shape index (κ1) is 14.9. The van der Waals surface area contributed by atoms with Crippen molar-refractivity contribution in [3.05, 3.63) is 53.6 Å². The Bertz CT molecular complexity index is 681. The summed E-state index contributed by atoms with van der Waals surface area (Å²) in [6.45, 7) is 0. The van der Waals surface area contributed by atoms with Crippen LogP contribution in [0.1, 0.15) is 15.9 Å². The number of anilines is 1. The number of halogens is 3. The summed E-state index contributed by atoms with van der Waals surface area (Å²) in [6.07, 6.45) is -4.42. The standard InChI is InChI=1S/C15H12F3NO2/c1-21-14(20)12-8-10(5-6-13(12)19)9-3-2-4-11(7-9)15(16,17)18/h2-8H,19H2,1H3. The molecule has 2 aromatic rings. The molecule has 3 nitrogen and oxygen atoms in total. The number of ether oxygens (including phenoxy) is 1. The molecule has 0 saturated carbocycles. The Kier molecular flexibility index (Phi) is 3.88. The van der Waals surface area contributed by atoms with Crippen molar-refractivity contribution in [1.29, 1.82) is 0 Å². The summed E-state index contributed by atoms with van der Waals surface area (Å²) in [5.41, 5.74) is 6.03. The molecule has 0 heterocycles. The van der Waals surface area contributed by atoms with Crippen molar-refractivity contribution in [2.75, 3.05) is 12.8 Å². The van der Waals surface area contributed by atoms with Gasteiger partial charge in [-0.2, -0.15) is 13.2 Å². The van der Waals surface area contributed by atoms with Crippen LogP contribution in [0, 0.1) is 0 Å². The van der Waals surface area contributed by atoms with Crippen LogP contribution >= 0.6 is 0 Å². The van der Waals surface area contributed by atoms with E-state index in [1.165, 1.54) is 31.4 Å². The molecule has 0 fully saturated rings. The third kappa shape index (κ3) is 3.16. The Labute approximate surface area is 119 Å². The number of nitrogens with two attached hydrogens (primary N) is 1. The Morgan fingerprint density at radius 2 is 1.76 bits per heavy atom. The minimum atomic E-state index is -4.42. The second-order valence-corrected chi connectivity index (χ2v) is 4.37. The number of carbonyl (C=O) groups is 1. The predicted octanol–water partition coefficient (Wildman–Crippen LogP) is 3.74. The van der Waals surface area contributed by atoms with Crippen molar-refractivity contribution in [3.63, 3.8) is 0 Å². The van der Waals surface area contributed by atoms with Gasteiger partial charge in [0, 0.05) is 5.69 Å². The molecule has 2 rings (SSSR count). The van der Waals surface area contributed by atoms with Crippen LogP contribution in [0.25, 0.3) is 11.1 Å². The zero-order chi connectivity index (χ0) is 15.6. The van der Waals surface area contributed by atoms with Crippen molar-refractivity contribution in [2.24, 2.45) is 0 Å². The van der Waals surface area contributed by atoms with E-state index in [1.54, 1.807) is 6.07 Å². The maximum absolute atomic E-state index is 12.7. The number of rotatable bonds is 2. The lowest BCUT2D eigenvalue weighted by molar-refractivity contribution is -0.137. The minimum Gasteiger partial charge on any atom is -0.465 e. The van der Waals surface area contributed by atoms with Gasteiger partial charge in [0.2, 0.25) is 0 Å². The molecule has 0 atom stereocenters. The van der Waals surface area contributed by atoms with Crippen LogP contribution in [-0.2, 0) is 10.9 Å². The van der Waals surface area contributed by atoms with Gasteiger partial charge in [-0.1, -0.05) is 18.2 Å². The van der Waals surface area contributed by atoms with E-state index in [9.17, 15) is 18.0 Å². The van der Waals surface area contributed by atoms with Gasteiger partial charge in [-0.15, -0.1) is 0 Å². The normalized spacial score (nSPS) is 11.2. The minimum absolute atomic E-state index is 0.118. The van der Waals surface area contributed by atoms with E-state index in [1.807, 2.05) is 0 Å². The molecule has 0 aromatic heterocycles. The molecular formula is C15H12F3NO2. The molecule has 0 unspecified atom stereocenters. The number of alkyl halides is 3. The summed E-state index contributed by atoms with van der Waals surface area (Å²) in [5, 5.41) is 0. The zero-order valence-electron chi connectivity index (χ0n) is 11.1. The molecule has 0 aliphatic carbocycles. The van der Waals surface area contributed by atoms with Gasteiger partial charge in [0.25, 0.3) is 0 Å². The fraction of sp³-hybridized carbons (Fsp3) is 0.133. The fourth-order valence-electron chi connectivity index (χ4n) is 1.90. The molecule has 0 aliphatic rings. The van der Waals surface area contributed by atoms with E-state index < -0.39 is 17.7 Å². The van der Waals surface area contributed by atoms with Crippen LogP contribution in [0.5, 0.6) is 0 Å². The molecule has 2 aromatic carbocycles. The maximum Gasteiger partial charge on any atom is 0.416 e. The van der Waals surface area contributed by atoms with Crippen LogP contribution in [0.15, 0.2) is 42.5 Å². The SMILES string of the molecule is COC(=O)c1cc(-c2cccc(C(F)(F)F)c2)ccc1N. The summed E-state index contributed by atoms with van der Waals surface area (Å²) in [7, 11) is 1.21. The summed E-state index contributed by atoms with van der Waals surface area (Å²) in [4.78, 5) is 11.6. The third-order valence-corrected chi connectivity index (χ3v) is 2.98. The second-order valence-electron chi connectivity index (χ2n) is 4.37. The highest BCUT2D eigenvalue weighted by molar-refractivity contribution is 5.96. The molecule has 110 valence electrons. The van der Waals surface area contributed by atoms with Crippen molar-refractivity contribution in [2.45, 2.75) is 6.18 Å². The van der Waals surface area contributed by atoms with Gasteiger partial charge in [0.05, 0.1) is 18.2 Å². The lowest BCUT2D eigenvalue weighted by Crippen LogP contribution is -2.06. The van der Waals surface area contributed by atoms with Gasteiger partial charge >= 0.3 is 12.1 Å². The largest absolute Gasteiger partial charge is 0.465 e. The van der Waals surface area contributed by atoms with E-state index in [0.29, 0.717) is 11.1 Å². The molecule has 0 spiro atoms. The average molecular weight is 295 g/mol. The zero-order valence-corrected chi connectivity index (χ0v) is 11.1. The molecule has 0 bridgehead atoms. The molecule has 6 heteroatoms. The molecule has 2 N–H and O–H groups in total. The molecule has 0 saturated heterocycles. The van der Waals surface area contributed by atoms with Crippen LogP contribution < -0.4 is 5.73 Å². The van der Waals surface area contributed by atoms with Crippen LogP contribution in [0.2, 0.25) is 0 Å². The van der Waals surface area contributed by atoms with Gasteiger partial charge in [-0.25, -0.2) is 4.79 Å². The van der Waals surface area contributed by atoms with Crippen LogP contribution in [-0.4, -0.2) is 13.1 Å². The topological polar surface area (TPSA) is 52.3 Å². The van der Waals surface area contributed by atoms with E-state index in [-0.39, 0.29) is 11.3 Å². The maximum atomic E-state index is 12.7. The van der Waals surface area contributed by atoms with E-state index in [4.69, 9.17) is 5.73 Å². The van der Waals surface area contributed by atoms with E-state index in [0.717, 1.165) is 12.1 Å². The quantitative estimate of drug-likeness (QED) is 0.678. The number of benzene rings is 2. The molecule has 0 radical (unpaired) electrons. The van der Waals surface area contributed by atoms with Crippen molar-refractivity contribution >= 4 is 11.7 Å². The molecule has 21 heavy (non-hydrogen) atoms. The highest BCUT2D eigenvalue weighted by atomic mass is 19.4. The summed E-state index contributed by atoms with van der Waals surface area (Å²) < 4.78 is 42.7. The lowest BCUT2D eigenvalue weighted by atomic mass is 10.00. The van der Waals surface area contributed by atoms with Crippen molar-refractivity contribution in [1.82, 2.24) is 0 Å². The number of hydrogen-bond acceptors (Lipinski definition) is 3. The fourth-order valence-corrected chi connectivity index (χ4v) is 1.90. The van der Waals surface area contributed by atoms with Crippen LogP contribution in [0.3, 0.4) is 0 Å². The van der Waals surface area contributed by atoms with Gasteiger partial charge in [0.1, 0.15) is 0 Å². The highest BCUT2D eigenvalue weighted by Gasteiger charge is 2.30. The lowest BCUT2D eigenvalue weighted by Gasteiger charge is -2.10. The van der Waals surface area contributed by atoms with Gasteiger partial charge < -0.3 is 10.5 Å². The third-order valence-electron chi connectivity index (χ3n) is 2.98. The number of methoxy groups -OCH3 is 1. The molecular weight excluding hydrogens is 283 g/mol. The Morgan fingerprint density at radius 3 is 2.38 bits per heavy atom. The molecule has 0 aliphatic heterocycles. The van der Waals surface area contributed by atoms with Crippen molar-refractivity contribution in [3.8, 4) is 11.1 Å². The smallest absolute Gasteiger partial charge is 0.416 e. The van der Waals surface area contributed by atoms with Gasteiger partial charge in [-0.3, -0.25) is 0 Å².